The molecule has 0 radical (unpaired) electrons. The lowest BCUT2D eigenvalue weighted by atomic mass is 9.80. The molecule has 0 spiro atoms. The molecule has 0 atom stereocenters. The van der Waals surface area contributed by atoms with Crippen LogP contribution in [0.1, 0.15) is 5.69 Å². The first-order valence-electron chi connectivity index (χ1n) is 5.33. The fraction of sp³-hybridized carbons (Fsp3) is 0.200. The number of aryl methyl sites for hydroxylation is 1. The number of hydrogen-bond acceptors (Lipinski definition) is 3. The highest BCUT2D eigenvalue weighted by molar-refractivity contribution is 6.73. The summed E-state index contributed by atoms with van der Waals surface area (Å²) in [6.07, 6.45) is 1.52. The first-order chi connectivity index (χ1) is 8.86. The predicted octanol–water partition coefficient (Wildman–Crippen LogP) is 1.59. The fourth-order valence-electron chi connectivity index (χ4n) is 1.45. The van der Waals surface area contributed by atoms with Crippen LogP contribution in [0.25, 0.3) is 0 Å². The van der Waals surface area contributed by atoms with Crippen LogP contribution < -0.4 is 10.2 Å². The minimum atomic E-state index is -5.19. The zero-order chi connectivity index (χ0) is 14.0. The summed E-state index contributed by atoms with van der Waals surface area (Å²) in [6.45, 7) is -5.34. The largest absolute Gasteiger partial charge is 0.509 e. The number of aromatic nitrogens is 3. The van der Waals surface area contributed by atoms with E-state index in [0.717, 1.165) is 6.07 Å². The van der Waals surface area contributed by atoms with E-state index in [1.807, 2.05) is 0 Å². The van der Waals surface area contributed by atoms with Crippen LogP contribution in [-0.4, -0.2) is 22.0 Å². The molecule has 0 unspecified atom stereocenters. The Bertz CT molecular complexity index is 584. The third-order valence-electron chi connectivity index (χ3n) is 2.36. The normalized spacial score (nSPS) is 11.6. The van der Waals surface area contributed by atoms with Crippen molar-refractivity contribution in [1.29, 1.82) is 0 Å². The van der Waals surface area contributed by atoms with Crippen LogP contribution in [0.5, 0.6) is 5.75 Å². The van der Waals surface area contributed by atoms with Gasteiger partial charge in [-0.1, -0.05) is 11.3 Å². The van der Waals surface area contributed by atoms with E-state index < -0.39 is 24.0 Å². The summed E-state index contributed by atoms with van der Waals surface area (Å²) in [5.41, 5.74) is -0.514. The molecular formula is C10H9BF4N3O-. The molecule has 19 heavy (non-hydrogen) atoms. The van der Waals surface area contributed by atoms with Crippen molar-refractivity contribution in [1.82, 2.24) is 15.0 Å². The van der Waals surface area contributed by atoms with E-state index in [9.17, 15) is 17.3 Å². The van der Waals surface area contributed by atoms with Crippen molar-refractivity contribution < 1.29 is 22.1 Å². The molecule has 1 aromatic heterocycles. The van der Waals surface area contributed by atoms with Crippen molar-refractivity contribution in [2.75, 3.05) is 0 Å². The molecule has 0 fully saturated rings. The standard InChI is InChI=1S/C10H9BF4N3O/c1-18-5-8(16-17-18)6-19-10-4-7(11(13,14)15)2-3-9(10)12/h2-5H,6H2,1H3/q-1. The monoisotopic (exact) mass is 274 g/mol. The molecule has 2 aromatic rings. The fourth-order valence-corrected chi connectivity index (χ4v) is 1.45. The van der Waals surface area contributed by atoms with Crippen LogP contribution in [0, 0.1) is 5.82 Å². The molecule has 4 nitrogen and oxygen atoms in total. The van der Waals surface area contributed by atoms with Crippen LogP contribution in [0.15, 0.2) is 24.4 Å². The lowest BCUT2D eigenvalue weighted by Crippen LogP contribution is -2.34. The third-order valence-corrected chi connectivity index (χ3v) is 2.36. The smallest absolute Gasteiger partial charge is 0.484 e. The second kappa shape index (κ2) is 4.91. The van der Waals surface area contributed by atoms with E-state index in [0.29, 0.717) is 17.8 Å². The molecule has 0 aliphatic rings. The first-order valence-corrected chi connectivity index (χ1v) is 5.33. The summed E-state index contributed by atoms with van der Waals surface area (Å²) in [4.78, 5) is 0. The number of benzene rings is 1. The van der Waals surface area contributed by atoms with Crippen LogP contribution in [-0.2, 0) is 13.7 Å². The molecule has 0 amide bonds. The van der Waals surface area contributed by atoms with Gasteiger partial charge in [0.15, 0.2) is 11.6 Å². The highest BCUT2D eigenvalue weighted by Gasteiger charge is 2.26. The SMILES string of the molecule is Cn1cc(COc2cc([B-](F)(F)F)ccc2F)nn1. The molecule has 0 aliphatic heterocycles. The Morgan fingerprint density at radius 3 is 2.63 bits per heavy atom. The number of rotatable bonds is 4. The lowest BCUT2D eigenvalue weighted by molar-refractivity contribution is 0.286. The lowest BCUT2D eigenvalue weighted by Gasteiger charge is -2.16. The van der Waals surface area contributed by atoms with Crippen LogP contribution >= 0.6 is 0 Å². The molecule has 2 rings (SSSR count). The van der Waals surface area contributed by atoms with Crippen molar-refractivity contribution in [2.24, 2.45) is 7.05 Å². The maximum absolute atomic E-state index is 13.3. The summed E-state index contributed by atoms with van der Waals surface area (Å²) < 4.78 is 57.3. The quantitative estimate of drug-likeness (QED) is 0.627. The molecule has 0 saturated heterocycles. The zero-order valence-electron chi connectivity index (χ0n) is 9.86. The summed E-state index contributed by atoms with van der Waals surface area (Å²) in [6, 6.07) is 2.06. The van der Waals surface area contributed by atoms with Gasteiger partial charge in [-0.15, -0.1) is 10.6 Å². The van der Waals surface area contributed by atoms with Gasteiger partial charge in [-0.3, -0.25) is 4.68 Å². The summed E-state index contributed by atoms with van der Waals surface area (Å²) >= 11 is 0. The molecular weight excluding hydrogens is 265 g/mol. The van der Waals surface area contributed by atoms with Gasteiger partial charge in [-0.05, 0) is 12.1 Å². The van der Waals surface area contributed by atoms with Gasteiger partial charge in [0, 0.05) is 7.05 Å². The average molecular weight is 274 g/mol. The molecule has 0 N–H and O–H groups in total. The van der Waals surface area contributed by atoms with Crippen molar-refractivity contribution in [2.45, 2.75) is 6.61 Å². The first kappa shape index (κ1) is 13.4. The topological polar surface area (TPSA) is 39.9 Å². The van der Waals surface area contributed by atoms with E-state index >= 15 is 0 Å². The summed E-state index contributed by atoms with van der Waals surface area (Å²) in [5, 5.41) is 7.30. The maximum atomic E-state index is 13.3. The second-order valence-electron chi connectivity index (χ2n) is 3.94. The van der Waals surface area contributed by atoms with Gasteiger partial charge >= 0.3 is 6.98 Å². The number of ether oxygens (including phenoxy) is 1. The highest BCUT2D eigenvalue weighted by Crippen LogP contribution is 2.19. The predicted molar refractivity (Wildman–Crippen MR) is 60.4 cm³/mol. The van der Waals surface area contributed by atoms with Crippen molar-refractivity contribution >= 4 is 12.4 Å². The van der Waals surface area contributed by atoms with Crippen LogP contribution in [0.2, 0.25) is 0 Å². The van der Waals surface area contributed by atoms with Gasteiger partial charge in [-0.25, -0.2) is 4.39 Å². The van der Waals surface area contributed by atoms with Crippen molar-refractivity contribution in [3.63, 3.8) is 0 Å². The van der Waals surface area contributed by atoms with Crippen molar-refractivity contribution in [3.8, 4) is 5.75 Å². The molecule has 1 aromatic carbocycles. The van der Waals surface area contributed by atoms with E-state index in [2.05, 4.69) is 10.3 Å². The van der Waals surface area contributed by atoms with Gasteiger partial charge in [0.05, 0.1) is 6.20 Å². The molecule has 102 valence electrons. The van der Waals surface area contributed by atoms with Gasteiger partial charge in [0.1, 0.15) is 12.3 Å². The van der Waals surface area contributed by atoms with E-state index in [1.165, 1.54) is 10.9 Å². The Morgan fingerprint density at radius 1 is 1.32 bits per heavy atom. The van der Waals surface area contributed by atoms with Crippen molar-refractivity contribution in [3.05, 3.63) is 35.9 Å². The Labute approximate surface area is 106 Å². The molecule has 9 heteroatoms. The number of hydrogen-bond donors (Lipinski definition) is 0. The van der Waals surface area contributed by atoms with E-state index in [-0.39, 0.29) is 6.61 Å². The Hall–Kier alpha value is -2.06. The van der Waals surface area contributed by atoms with Crippen LogP contribution in [0.3, 0.4) is 0 Å². The Balaban J connectivity index is 2.15. The number of nitrogens with zero attached hydrogens (tertiary/aromatic N) is 3. The third kappa shape index (κ3) is 3.24. The van der Waals surface area contributed by atoms with Gasteiger partial charge in [0.2, 0.25) is 0 Å². The van der Waals surface area contributed by atoms with Gasteiger partial charge < -0.3 is 17.7 Å². The zero-order valence-corrected chi connectivity index (χ0v) is 9.86. The highest BCUT2D eigenvalue weighted by atomic mass is 19.4. The molecule has 0 bridgehead atoms. The maximum Gasteiger partial charge on any atom is 0.509 e. The van der Waals surface area contributed by atoms with Crippen LogP contribution in [0.4, 0.5) is 17.3 Å². The molecule has 0 aliphatic carbocycles. The van der Waals surface area contributed by atoms with Gasteiger partial charge in [0.25, 0.3) is 0 Å². The summed E-state index contributed by atoms with van der Waals surface area (Å²) in [7, 11) is 1.63. The Kier molecular flexibility index (Phi) is 3.45. The molecule has 1 heterocycles. The molecule has 0 saturated carbocycles. The van der Waals surface area contributed by atoms with E-state index in [4.69, 9.17) is 4.74 Å². The Morgan fingerprint density at radius 2 is 2.05 bits per heavy atom. The second-order valence-corrected chi connectivity index (χ2v) is 3.94. The van der Waals surface area contributed by atoms with Gasteiger partial charge in [-0.2, -0.15) is 0 Å². The summed E-state index contributed by atoms with van der Waals surface area (Å²) in [5.74, 6) is -1.31. The average Bonchev–Trinajstić information content (AvgIpc) is 2.72. The minimum Gasteiger partial charge on any atom is -0.484 e. The van der Waals surface area contributed by atoms with E-state index in [1.54, 1.807) is 7.05 Å². The minimum absolute atomic E-state index is 0.154. The number of halogens is 4.